The van der Waals surface area contributed by atoms with E-state index in [0.29, 0.717) is 0 Å². The van der Waals surface area contributed by atoms with E-state index in [4.69, 9.17) is 0 Å². The minimum atomic E-state index is 1.07. The van der Waals surface area contributed by atoms with Crippen LogP contribution in [0.5, 0.6) is 0 Å². The fourth-order valence-corrected chi connectivity index (χ4v) is 7.43. The van der Waals surface area contributed by atoms with Crippen molar-refractivity contribution in [2.75, 3.05) is 0 Å². The zero-order chi connectivity index (χ0) is 28.1. The summed E-state index contributed by atoms with van der Waals surface area (Å²) in [5, 5.41) is 10.2. The standard InChI is InChI=1S/C41H24N2/c1-2-8-26-20-36-34-16-15-31(32-12-5-13-33(41(32)34)35(36)19-25(26)7-1)29-14-17-39-37(22-29)38-21-27-9-3-4-10-28(27)23-40(38)43(39)30-11-6-18-42-24-30/h1-24H. The number of benzene rings is 7. The molecule has 7 aromatic carbocycles. The van der Waals surface area contributed by atoms with Crippen molar-refractivity contribution in [1.29, 1.82) is 0 Å². The predicted molar refractivity (Wildman–Crippen MR) is 181 cm³/mol. The molecule has 2 heteroatoms. The Labute approximate surface area is 248 Å². The lowest BCUT2D eigenvalue weighted by Crippen LogP contribution is -1.94. The summed E-state index contributed by atoms with van der Waals surface area (Å²) in [5.41, 5.74) is 11.3. The van der Waals surface area contributed by atoms with Gasteiger partial charge < -0.3 is 4.57 Å². The van der Waals surface area contributed by atoms with Crippen LogP contribution in [0.3, 0.4) is 0 Å². The fraction of sp³-hybridized carbons (Fsp3) is 0. The van der Waals surface area contributed by atoms with Crippen molar-refractivity contribution >= 4 is 54.1 Å². The molecule has 0 spiro atoms. The van der Waals surface area contributed by atoms with Gasteiger partial charge in [0.25, 0.3) is 0 Å². The maximum atomic E-state index is 4.45. The summed E-state index contributed by atoms with van der Waals surface area (Å²) in [7, 11) is 0. The molecule has 2 nitrogen and oxygen atoms in total. The summed E-state index contributed by atoms with van der Waals surface area (Å²) in [6, 6.07) is 49.2. The fourth-order valence-electron chi connectivity index (χ4n) is 7.43. The molecule has 0 saturated heterocycles. The van der Waals surface area contributed by atoms with Crippen LogP contribution >= 0.6 is 0 Å². The zero-order valence-electron chi connectivity index (χ0n) is 23.3. The van der Waals surface area contributed by atoms with Gasteiger partial charge in [0.05, 0.1) is 22.9 Å². The highest BCUT2D eigenvalue weighted by molar-refractivity contribution is 6.21. The predicted octanol–water partition coefficient (Wildman–Crippen LogP) is 11.0. The molecule has 1 aliphatic carbocycles. The minimum Gasteiger partial charge on any atom is -0.308 e. The highest BCUT2D eigenvalue weighted by Gasteiger charge is 2.24. The Hall–Kier alpha value is -5.73. The maximum absolute atomic E-state index is 4.45. The van der Waals surface area contributed by atoms with Gasteiger partial charge in [-0.05, 0) is 114 Å². The van der Waals surface area contributed by atoms with E-state index in [1.165, 1.54) is 87.5 Å². The normalized spacial score (nSPS) is 12.2. The highest BCUT2D eigenvalue weighted by atomic mass is 15.0. The second-order valence-electron chi connectivity index (χ2n) is 11.6. The van der Waals surface area contributed by atoms with Crippen LogP contribution in [0.25, 0.3) is 93.2 Å². The molecule has 1 aliphatic rings. The van der Waals surface area contributed by atoms with Crippen LogP contribution < -0.4 is 0 Å². The lowest BCUT2D eigenvalue weighted by Gasteiger charge is -2.11. The van der Waals surface area contributed by atoms with E-state index in [0.717, 1.165) is 5.69 Å². The van der Waals surface area contributed by atoms with E-state index in [-0.39, 0.29) is 0 Å². The molecule has 2 aromatic heterocycles. The van der Waals surface area contributed by atoms with Gasteiger partial charge in [-0.2, -0.15) is 0 Å². The lowest BCUT2D eigenvalue weighted by molar-refractivity contribution is 1.14. The van der Waals surface area contributed by atoms with Crippen LogP contribution in [0.4, 0.5) is 0 Å². The molecule has 10 rings (SSSR count). The quantitative estimate of drug-likeness (QED) is 0.212. The molecule has 2 heterocycles. The van der Waals surface area contributed by atoms with Crippen LogP contribution in [0.15, 0.2) is 146 Å². The third-order valence-electron chi connectivity index (χ3n) is 9.35. The van der Waals surface area contributed by atoms with Gasteiger partial charge in [0.15, 0.2) is 0 Å². The van der Waals surface area contributed by atoms with Crippen molar-refractivity contribution in [2.24, 2.45) is 0 Å². The summed E-state index contributed by atoms with van der Waals surface area (Å²) in [6.07, 6.45) is 3.79. The Kier molecular flexibility index (Phi) is 4.48. The van der Waals surface area contributed by atoms with E-state index in [1.807, 2.05) is 18.5 Å². The highest BCUT2D eigenvalue weighted by Crippen LogP contribution is 2.50. The molecule has 0 unspecified atom stereocenters. The number of hydrogen-bond donors (Lipinski definition) is 0. The lowest BCUT2D eigenvalue weighted by atomic mass is 9.93. The molecule has 0 atom stereocenters. The first-order valence-electron chi connectivity index (χ1n) is 14.8. The number of nitrogens with zero attached hydrogens (tertiary/aromatic N) is 2. The van der Waals surface area contributed by atoms with Crippen molar-refractivity contribution in [2.45, 2.75) is 0 Å². The average molecular weight is 545 g/mol. The van der Waals surface area contributed by atoms with Crippen molar-refractivity contribution < 1.29 is 0 Å². The minimum absolute atomic E-state index is 1.07. The maximum Gasteiger partial charge on any atom is 0.0645 e. The Morgan fingerprint density at radius 2 is 1.09 bits per heavy atom. The van der Waals surface area contributed by atoms with Crippen molar-refractivity contribution in [3.8, 4) is 39.1 Å². The van der Waals surface area contributed by atoms with Gasteiger partial charge in [0.1, 0.15) is 0 Å². The van der Waals surface area contributed by atoms with Crippen LogP contribution in [-0.4, -0.2) is 9.55 Å². The van der Waals surface area contributed by atoms with E-state index in [2.05, 4.69) is 137 Å². The Bertz CT molecular complexity index is 2560. The topological polar surface area (TPSA) is 17.8 Å². The smallest absolute Gasteiger partial charge is 0.0645 e. The van der Waals surface area contributed by atoms with Gasteiger partial charge in [-0.15, -0.1) is 0 Å². The summed E-state index contributed by atoms with van der Waals surface area (Å²) in [6.45, 7) is 0. The number of aromatic nitrogens is 2. The zero-order valence-corrected chi connectivity index (χ0v) is 23.3. The molecule has 0 N–H and O–H groups in total. The second-order valence-corrected chi connectivity index (χ2v) is 11.6. The largest absolute Gasteiger partial charge is 0.308 e. The monoisotopic (exact) mass is 544 g/mol. The van der Waals surface area contributed by atoms with E-state index < -0.39 is 0 Å². The number of fused-ring (bicyclic) bond motifs is 8. The molecule has 9 aromatic rings. The molecule has 0 radical (unpaired) electrons. The van der Waals surface area contributed by atoms with Crippen LogP contribution in [0.2, 0.25) is 0 Å². The molecule has 198 valence electrons. The Morgan fingerprint density at radius 3 is 1.84 bits per heavy atom. The van der Waals surface area contributed by atoms with Crippen molar-refractivity contribution in [3.63, 3.8) is 0 Å². The Balaban J connectivity index is 1.25. The van der Waals surface area contributed by atoms with Gasteiger partial charge in [-0.3, -0.25) is 4.98 Å². The molecule has 0 aliphatic heterocycles. The average Bonchev–Trinajstić information content (AvgIpc) is 3.55. The molecular formula is C41H24N2. The number of pyridine rings is 1. The summed E-state index contributed by atoms with van der Waals surface area (Å²) in [4.78, 5) is 4.45. The summed E-state index contributed by atoms with van der Waals surface area (Å²) < 4.78 is 2.35. The van der Waals surface area contributed by atoms with Crippen LogP contribution in [0, 0.1) is 0 Å². The van der Waals surface area contributed by atoms with Crippen molar-refractivity contribution in [1.82, 2.24) is 9.55 Å². The first-order valence-corrected chi connectivity index (χ1v) is 14.8. The molecule has 0 saturated carbocycles. The van der Waals surface area contributed by atoms with E-state index in [9.17, 15) is 0 Å². The van der Waals surface area contributed by atoms with Crippen molar-refractivity contribution in [3.05, 3.63) is 146 Å². The first kappa shape index (κ1) is 22.9. The summed E-state index contributed by atoms with van der Waals surface area (Å²) >= 11 is 0. The molecule has 0 amide bonds. The van der Waals surface area contributed by atoms with Gasteiger partial charge in [-0.1, -0.05) is 84.9 Å². The van der Waals surface area contributed by atoms with Crippen LogP contribution in [0.1, 0.15) is 0 Å². The number of rotatable bonds is 2. The van der Waals surface area contributed by atoms with Gasteiger partial charge in [0.2, 0.25) is 0 Å². The third kappa shape index (κ3) is 3.15. The first-order chi connectivity index (χ1) is 21.3. The van der Waals surface area contributed by atoms with E-state index in [1.54, 1.807) is 0 Å². The van der Waals surface area contributed by atoms with Crippen LogP contribution in [-0.2, 0) is 0 Å². The van der Waals surface area contributed by atoms with Gasteiger partial charge in [-0.25, -0.2) is 0 Å². The molecular weight excluding hydrogens is 520 g/mol. The second kappa shape index (κ2) is 8.40. The number of hydrogen-bond acceptors (Lipinski definition) is 1. The molecule has 0 bridgehead atoms. The molecule has 43 heavy (non-hydrogen) atoms. The third-order valence-corrected chi connectivity index (χ3v) is 9.35. The molecule has 0 fully saturated rings. The van der Waals surface area contributed by atoms with Gasteiger partial charge >= 0.3 is 0 Å². The summed E-state index contributed by atoms with van der Waals surface area (Å²) in [5.74, 6) is 0. The van der Waals surface area contributed by atoms with Gasteiger partial charge in [0, 0.05) is 17.0 Å². The van der Waals surface area contributed by atoms with E-state index >= 15 is 0 Å². The Morgan fingerprint density at radius 1 is 0.419 bits per heavy atom. The SMILES string of the molecule is c1cncc(-n2c3ccc(-c4ccc5c6c(cccc46)-c4cc6ccccc6cc4-5)cc3c3cc4ccccc4cc32)c1.